The van der Waals surface area contributed by atoms with Crippen molar-refractivity contribution >= 4 is 17.5 Å². The van der Waals surface area contributed by atoms with E-state index in [0.29, 0.717) is 41.9 Å². The molecular weight excluding hydrogens is 364 g/mol. The van der Waals surface area contributed by atoms with Gasteiger partial charge in [0.25, 0.3) is 0 Å². The van der Waals surface area contributed by atoms with Crippen molar-refractivity contribution in [2.45, 2.75) is 13.0 Å². The molecule has 0 saturated heterocycles. The Morgan fingerprint density at radius 2 is 1.68 bits per heavy atom. The highest BCUT2D eigenvalue weighted by Crippen LogP contribution is 2.32. The average Bonchev–Trinajstić information content (AvgIpc) is 2.71. The third kappa shape index (κ3) is 4.85. The lowest BCUT2D eigenvalue weighted by Crippen LogP contribution is -2.27. The number of carbonyl (C=O) groups is 2. The fourth-order valence-corrected chi connectivity index (χ4v) is 2.73. The van der Waals surface area contributed by atoms with E-state index in [9.17, 15) is 9.59 Å². The summed E-state index contributed by atoms with van der Waals surface area (Å²) in [5.41, 5.74) is 1.38. The number of methoxy groups -OCH3 is 2. The van der Waals surface area contributed by atoms with Gasteiger partial charge in [0.2, 0.25) is 11.8 Å². The molecule has 2 aromatic rings. The van der Waals surface area contributed by atoms with Crippen LogP contribution in [0.15, 0.2) is 36.4 Å². The first kappa shape index (κ1) is 19.3. The second-order valence-corrected chi connectivity index (χ2v) is 6.05. The molecule has 0 fully saturated rings. The van der Waals surface area contributed by atoms with Gasteiger partial charge in [-0.25, -0.2) is 0 Å². The van der Waals surface area contributed by atoms with Gasteiger partial charge in [-0.15, -0.1) is 0 Å². The normalized spacial score (nSPS) is 12.1. The van der Waals surface area contributed by atoms with E-state index in [1.54, 1.807) is 44.6 Å². The Morgan fingerprint density at radius 1 is 0.929 bits per heavy atom. The van der Waals surface area contributed by atoms with Gasteiger partial charge in [0.05, 0.1) is 14.2 Å². The summed E-state index contributed by atoms with van der Waals surface area (Å²) in [6.07, 6.45) is -0.290. The number of benzene rings is 2. The lowest BCUT2D eigenvalue weighted by atomic mass is 10.2. The number of fused-ring (bicyclic) bond motifs is 1. The van der Waals surface area contributed by atoms with Crippen LogP contribution in [0.2, 0.25) is 0 Å². The lowest BCUT2D eigenvalue weighted by molar-refractivity contribution is -0.126. The van der Waals surface area contributed by atoms with Crippen LogP contribution in [0.25, 0.3) is 0 Å². The van der Waals surface area contributed by atoms with Crippen molar-refractivity contribution < 1.29 is 28.5 Å². The van der Waals surface area contributed by atoms with Gasteiger partial charge in [-0.3, -0.25) is 9.59 Å². The van der Waals surface area contributed by atoms with Crippen molar-refractivity contribution in [3.63, 3.8) is 0 Å². The summed E-state index contributed by atoms with van der Waals surface area (Å²) in [6.45, 7) is 1.23. The molecule has 28 heavy (non-hydrogen) atoms. The molecule has 0 radical (unpaired) electrons. The first-order valence-corrected chi connectivity index (χ1v) is 8.76. The molecule has 3 rings (SSSR count). The molecule has 2 N–H and O–H groups in total. The van der Waals surface area contributed by atoms with Gasteiger partial charge in [0.15, 0.2) is 23.0 Å². The van der Waals surface area contributed by atoms with E-state index in [-0.39, 0.29) is 18.9 Å². The van der Waals surface area contributed by atoms with E-state index in [1.807, 2.05) is 6.07 Å². The Balaban J connectivity index is 1.50. The van der Waals surface area contributed by atoms with Gasteiger partial charge in [-0.1, -0.05) is 6.07 Å². The van der Waals surface area contributed by atoms with E-state index in [2.05, 4.69) is 10.6 Å². The molecule has 8 nitrogen and oxygen atoms in total. The fourth-order valence-electron chi connectivity index (χ4n) is 2.73. The van der Waals surface area contributed by atoms with Crippen molar-refractivity contribution in [2.24, 2.45) is 0 Å². The zero-order valence-electron chi connectivity index (χ0n) is 15.7. The highest BCUT2D eigenvalue weighted by Gasteiger charge is 2.14. The molecule has 2 amide bonds. The van der Waals surface area contributed by atoms with Gasteiger partial charge >= 0.3 is 0 Å². The van der Waals surface area contributed by atoms with E-state index in [4.69, 9.17) is 18.9 Å². The lowest BCUT2D eigenvalue weighted by Gasteiger charge is -2.19. The molecule has 0 atom stereocenters. The molecule has 1 aliphatic heterocycles. The molecule has 0 aliphatic carbocycles. The monoisotopic (exact) mass is 386 g/mol. The second-order valence-electron chi connectivity index (χ2n) is 6.05. The number of nitrogens with one attached hydrogen (secondary N) is 2. The van der Waals surface area contributed by atoms with E-state index in [1.165, 1.54) is 0 Å². The molecule has 1 aliphatic rings. The van der Waals surface area contributed by atoms with E-state index in [0.717, 1.165) is 5.56 Å². The van der Waals surface area contributed by atoms with Crippen molar-refractivity contribution in [1.82, 2.24) is 5.32 Å². The Kier molecular flexibility index (Phi) is 6.21. The van der Waals surface area contributed by atoms with Gasteiger partial charge in [0.1, 0.15) is 19.6 Å². The van der Waals surface area contributed by atoms with Crippen LogP contribution < -0.4 is 29.6 Å². The average molecular weight is 386 g/mol. The molecule has 1 heterocycles. The van der Waals surface area contributed by atoms with Crippen molar-refractivity contribution in [3.05, 3.63) is 42.0 Å². The largest absolute Gasteiger partial charge is 0.493 e. The van der Waals surface area contributed by atoms with Crippen LogP contribution in [0, 0.1) is 0 Å². The maximum absolute atomic E-state index is 12.1. The van der Waals surface area contributed by atoms with E-state index >= 15 is 0 Å². The quantitative estimate of drug-likeness (QED) is 0.708. The fraction of sp³-hybridized carbons (Fsp3) is 0.300. The summed E-state index contributed by atoms with van der Waals surface area (Å²) in [7, 11) is 3.10. The van der Waals surface area contributed by atoms with Gasteiger partial charge in [0, 0.05) is 18.3 Å². The minimum atomic E-state index is -0.415. The van der Waals surface area contributed by atoms with E-state index < -0.39 is 5.91 Å². The Bertz CT molecular complexity index is 868. The van der Waals surface area contributed by atoms with Crippen molar-refractivity contribution in [2.75, 3.05) is 32.8 Å². The number of carbonyl (C=O) groups excluding carboxylic acids is 2. The predicted octanol–water partition coefficient (Wildman–Crippen LogP) is 2.12. The minimum Gasteiger partial charge on any atom is -0.493 e. The summed E-state index contributed by atoms with van der Waals surface area (Å²) < 4.78 is 21.3. The Labute approximate surface area is 162 Å². The molecule has 8 heteroatoms. The number of ether oxygens (including phenoxy) is 4. The van der Waals surface area contributed by atoms with Crippen LogP contribution in [0.4, 0.5) is 5.69 Å². The van der Waals surface area contributed by atoms with Crippen LogP contribution in [-0.4, -0.2) is 39.2 Å². The molecule has 2 aromatic carbocycles. The second kappa shape index (κ2) is 8.98. The third-order valence-corrected chi connectivity index (χ3v) is 4.08. The zero-order valence-corrected chi connectivity index (χ0v) is 15.7. The predicted molar refractivity (Wildman–Crippen MR) is 102 cm³/mol. The first-order chi connectivity index (χ1) is 13.6. The number of hydrogen-bond acceptors (Lipinski definition) is 6. The Hall–Kier alpha value is -3.42. The topological polar surface area (TPSA) is 95.1 Å². The van der Waals surface area contributed by atoms with Crippen LogP contribution in [0.5, 0.6) is 23.0 Å². The molecule has 0 aromatic heterocycles. The highest BCUT2D eigenvalue weighted by atomic mass is 16.6. The van der Waals surface area contributed by atoms with Crippen molar-refractivity contribution in [1.29, 1.82) is 0 Å². The summed E-state index contributed by atoms with van der Waals surface area (Å²) in [5.74, 6) is 1.59. The maximum Gasteiger partial charge on any atom is 0.233 e. The van der Waals surface area contributed by atoms with Gasteiger partial charge < -0.3 is 29.6 Å². The molecule has 0 saturated carbocycles. The number of anilines is 1. The maximum atomic E-state index is 12.1. The van der Waals surface area contributed by atoms with Crippen LogP contribution in [-0.2, 0) is 16.1 Å². The van der Waals surface area contributed by atoms with Crippen LogP contribution in [0.3, 0.4) is 0 Å². The SMILES string of the molecule is COc1ccc(CNC(=O)CC(=O)Nc2ccc3c(c2)OCCO3)cc1OC. The van der Waals surface area contributed by atoms with Crippen LogP contribution >= 0.6 is 0 Å². The smallest absolute Gasteiger partial charge is 0.233 e. The number of amides is 2. The zero-order chi connectivity index (χ0) is 19.9. The minimum absolute atomic E-state index is 0.274. The van der Waals surface area contributed by atoms with Crippen LogP contribution in [0.1, 0.15) is 12.0 Å². The summed E-state index contributed by atoms with van der Waals surface area (Å²) in [5, 5.41) is 5.40. The third-order valence-electron chi connectivity index (χ3n) is 4.08. The highest BCUT2D eigenvalue weighted by molar-refractivity contribution is 6.03. The Morgan fingerprint density at radius 3 is 2.43 bits per heavy atom. The molecule has 0 bridgehead atoms. The summed E-state index contributed by atoms with van der Waals surface area (Å²) in [4.78, 5) is 24.2. The number of rotatable bonds is 7. The molecule has 148 valence electrons. The molecule has 0 unspecified atom stereocenters. The molecule has 0 spiro atoms. The summed E-state index contributed by atoms with van der Waals surface area (Å²) >= 11 is 0. The standard InChI is InChI=1S/C20H22N2O6/c1-25-15-5-3-13(9-17(15)26-2)12-21-19(23)11-20(24)22-14-4-6-16-18(10-14)28-8-7-27-16/h3-6,9-10H,7-8,11-12H2,1-2H3,(H,21,23)(H,22,24). The number of hydrogen-bond donors (Lipinski definition) is 2. The van der Waals surface area contributed by atoms with Gasteiger partial charge in [-0.05, 0) is 29.8 Å². The first-order valence-electron chi connectivity index (χ1n) is 8.76. The van der Waals surface area contributed by atoms with Crippen molar-refractivity contribution in [3.8, 4) is 23.0 Å². The van der Waals surface area contributed by atoms with Gasteiger partial charge in [-0.2, -0.15) is 0 Å². The summed E-state index contributed by atoms with van der Waals surface area (Å²) in [6, 6.07) is 10.4. The molecular formula is C20H22N2O6.